The summed E-state index contributed by atoms with van der Waals surface area (Å²) in [4.78, 5) is 21.6. The minimum atomic E-state index is 0.175. The average Bonchev–Trinajstić information content (AvgIpc) is 2.97. The molecule has 0 aliphatic carbocycles. The highest BCUT2D eigenvalue weighted by Gasteiger charge is 2.44. The van der Waals surface area contributed by atoms with Crippen molar-refractivity contribution in [3.05, 3.63) is 30.3 Å². The van der Waals surface area contributed by atoms with Gasteiger partial charge in [0.05, 0.1) is 0 Å². The summed E-state index contributed by atoms with van der Waals surface area (Å²) in [5.74, 6) is 0.342. The molecule has 0 atom stereocenters. The molecule has 5 heteroatoms. The number of amides is 1. The number of likely N-dealkylation sites (tertiary alicyclic amines) is 2. The van der Waals surface area contributed by atoms with Crippen LogP contribution in [0, 0.1) is 0 Å². The van der Waals surface area contributed by atoms with Crippen LogP contribution in [0.4, 0.5) is 5.69 Å². The average molecular weight is 357 g/mol. The molecule has 3 saturated heterocycles. The molecule has 0 N–H and O–H groups in total. The van der Waals surface area contributed by atoms with Crippen LogP contribution < -0.4 is 4.90 Å². The standard InChI is InChI=1S/C21H32N4O/c1-22-20(26)7-8-21(22)9-11-23(12-10-21)13-14-24-15-17-25(18-16-24)19-5-3-2-4-6-19/h2-6H,7-18H2,1H3. The molecule has 0 radical (unpaired) electrons. The number of carbonyl (C=O) groups is 1. The molecule has 1 amide bonds. The maximum absolute atomic E-state index is 11.9. The molecule has 3 aliphatic rings. The lowest BCUT2D eigenvalue weighted by Crippen LogP contribution is -2.53. The summed E-state index contributed by atoms with van der Waals surface area (Å²) < 4.78 is 0. The predicted octanol–water partition coefficient (Wildman–Crippen LogP) is 1.90. The van der Waals surface area contributed by atoms with Gasteiger partial charge in [0.15, 0.2) is 0 Å². The second-order valence-electron chi connectivity index (χ2n) is 8.18. The number of para-hydroxylation sites is 1. The van der Waals surface area contributed by atoms with E-state index in [2.05, 4.69) is 45.0 Å². The van der Waals surface area contributed by atoms with Crippen molar-refractivity contribution < 1.29 is 4.79 Å². The summed E-state index contributed by atoms with van der Waals surface area (Å²) in [6, 6.07) is 10.8. The number of piperidine rings is 1. The molecule has 0 bridgehead atoms. The summed E-state index contributed by atoms with van der Waals surface area (Å²) in [6.07, 6.45) is 4.12. The van der Waals surface area contributed by atoms with Crippen LogP contribution in [0.25, 0.3) is 0 Å². The van der Waals surface area contributed by atoms with Crippen LogP contribution in [0.15, 0.2) is 30.3 Å². The van der Waals surface area contributed by atoms with Gasteiger partial charge in [0.1, 0.15) is 0 Å². The van der Waals surface area contributed by atoms with Crippen molar-refractivity contribution in [3.8, 4) is 0 Å². The van der Waals surface area contributed by atoms with Crippen molar-refractivity contribution in [2.45, 2.75) is 31.2 Å². The first-order valence-corrected chi connectivity index (χ1v) is 10.2. The smallest absolute Gasteiger partial charge is 0.222 e. The molecule has 1 spiro atoms. The normalized spacial score (nSPS) is 24.6. The van der Waals surface area contributed by atoms with Gasteiger partial charge in [-0.3, -0.25) is 9.69 Å². The minimum Gasteiger partial charge on any atom is -0.369 e. The quantitative estimate of drug-likeness (QED) is 0.824. The molecular formula is C21H32N4O. The topological polar surface area (TPSA) is 30.0 Å². The van der Waals surface area contributed by atoms with Gasteiger partial charge in [-0.2, -0.15) is 0 Å². The van der Waals surface area contributed by atoms with Gasteiger partial charge in [-0.1, -0.05) is 18.2 Å². The van der Waals surface area contributed by atoms with Crippen LogP contribution in [-0.4, -0.2) is 85.6 Å². The summed E-state index contributed by atoms with van der Waals surface area (Å²) in [5.41, 5.74) is 1.53. The van der Waals surface area contributed by atoms with Crippen LogP contribution >= 0.6 is 0 Å². The van der Waals surface area contributed by atoms with Gasteiger partial charge in [0.25, 0.3) is 0 Å². The Morgan fingerprint density at radius 3 is 2.04 bits per heavy atom. The van der Waals surface area contributed by atoms with E-state index in [4.69, 9.17) is 0 Å². The number of benzene rings is 1. The van der Waals surface area contributed by atoms with Gasteiger partial charge in [-0.15, -0.1) is 0 Å². The SMILES string of the molecule is CN1C(=O)CCC12CCN(CCN1CCN(c3ccccc3)CC1)CC2. The molecule has 3 fully saturated rings. The number of rotatable bonds is 4. The van der Waals surface area contributed by atoms with Crippen LogP contribution in [0.2, 0.25) is 0 Å². The van der Waals surface area contributed by atoms with Crippen LogP contribution in [0.5, 0.6) is 0 Å². The van der Waals surface area contributed by atoms with Crippen molar-refractivity contribution >= 4 is 11.6 Å². The van der Waals surface area contributed by atoms with E-state index in [0.29, 0.717) is 5.91 Å². The van der Waals surface area contributed by atoms with E-state index in [0.717, 1.165) is 65.0 Å². The molecule has 0 saturated carbocycles. The maximum atomic E-state index is 11.9. The fraction of sp³-hybridized carbons (Fsp3) is 0.667. The number of hydrogen-bond donors (Lipinski definition) is 0. The summed E-state index contributed by atoms with van der Waals surface area (Å²) >= 11 is 0. The molecule has 5 nitrogen and oxygen atoms in total. The van der Waals surface area contributed by atoms with Gasteiger partial charge < -0.3 is 14.7 Å². The Hall–Kier alpha value is -1.59. The van der Waals surface area contributed by atoms with Crippen LogP contribution in [-0.2, 0) is 4.79 Å². The zero-order chi connectivity index (χ0) is 18.0. The van der Waals surface area contributed by atoms with Crippen LogP contribution in [0.1, 0.15) is 25.7 Å². The summed E-state index contributed by atoms with van der Waals surface area (Å²) in [5, 5.41) is 0. The van der Waals surface area contributed by atoms with E-state index in [1.807, 2.05) is 11.9 Å². The lowest BCUT2D eigenvalue weighted by atomic mass is 9.85. The first-order chi connectivity index (χ1) is 12.7. The third-order valence-electron chi connectivity index (χ3n) is 6.90. The first-order valence-electron chi connectivity index (χ1n) is 10.2. The Morgan fingerprint density at radius 2 is 1.46 bits per heavy atom. The number of carbonyl (C=O) groups excluding carboxylic acids is 1. The van der Waals surface area contributed by atoms with Gasteiger partial charge in [0.2, 0.25) is 5.91 Å². The third kappa shape index (κ3) is 3.60. The predicted molar refractivity (Wildman–Crippen MR) is 106 cm³/mol. The van der Waals surface area contributed by atoms with E-state index in [1.54, 1.807) is 0 Å². The number of nitrogens with zero attached hydrogens (tertiary/aromatic N) is 4. The highest BCUT2D eigenvalue weighted by molar-refractivity contribution is 5.79. The molecule has 1 aromatic rings. The van der Waals surface area contributed by atoms with E-state index < -0.39 is 0 Å². The third-order valence-corrected chi connectivity index (χ3v) is 6.90. The molecule has 3 heterocycles. The second kappa shape index (κ2) is 7.57. The van der Waals surface area contributed by atoms with Gasteiger partial charge in [-0.25, -0.2) is 0 Å². The molecule has 0 aromatic heterocycles. The van der Waals surface area contributed by atoms with Gasteiger partial charge >= 0.3 is 0 Å². The molecule has 1 aromatic carbocycles. The zero-order valence-corrected chi connectivity index (χ0v) is 16.1. The monoisotopic (exact) mass is 356 g/mol. The fourth-order valence-electron chi connectivity index (χ4n) is 4.87. The Bertz CT molecular complexity index is 604. The van der Waals surface area contributed by atoms with Gasteiger partial charge in [-0.05, 0) is 31.4 Å². The van der Waals surface area contributed by atoms with Crippen LogP contribution in [0.3, 0.4) is 0 Å². The molecule has 142 valence electrons. The highest BCUT2D eigenvalue weighted by Crippen LogP contribution is 2.37. The number of piperazine rings is 1. The van der Waals surface area contributed by atoms with E-state index in [-0.39, 0.29) is 5.54 Å². The first kappa shape index (κ1) is 17.8. The largest absolute Gasteiger partial charge is 0.369 e. The van der Waals surface area contributed by atoms with Crippen molar-refractivity contribution in [1.29, 1.82) is 0 Å². The van der Waals surface area contributed by atoms with Gasteiger partial charge in [0, 0.05) is 77.1 Å². The van der Waals surface area contributed by atoms with E-state index >= 15 is 0 Å². The minimum absolute atomic E-state index is 0.175. The van der Waals surface area contributed by atoms with Crippen molar-refractivity contribution in [1.82, 2.24) is 14.7 Å². The number of anilines is 1. The summed E-state index contributed by atoms with van der Waals surface area (Å²) in [7, 11) is 2.01. The summed E-state index contributed by atoms with van der Waals surface area (Å²) in [6.45, 7) is 9.18. The molecule has 0 unspecified atom stereocenters. The molecule has 26 heavy (non-hydrogen) atoms. The highest BCUT2D eigenvalue weighted by atomic mass is 16.2. The fourth-order valence-corrected chi connectivity index (χ4v) is 4.87. The lowest BCUT2D eigenvalue weighted by molar-refractivity contribution is -0.130. The Labute approximate surface area is 157 Å². The van der Waals surface area contributed by atoms with Crippen molar-refractivity contribution in [2.75, 3.05) is 64.3 Å². The van der Waals surface area contributed by atoms with Crippen molar-refractivity contribution in [3.63, 3.8) is 0 Å². The molecule has 4 rings (SSSR count). The van der Waals surface area contributed by atoms with E-state index in [9.17, 15) is 4.79 Å². The van der Waals surface area contributed by atoms with E-state index in [1.165, 1.54) is 18.8 Å². The molecular weight excluding hydrogens is 324 g/mol. The Balaban J connectivity index is 1.19. The molecule has 3 aliphatic heterocycles. The number of hydrogen-bond acceptors (Lipinski definition) is 4. The zero-order valence-electron chi connectivity index (χ0n) is 16.1. The maximum Gasteiger partial charge on any atom is 0.222 e. The lowest BCUT2D eigenvalue weighted by Gasteiger charge is -2.44. The van der Waals surface area contributed by atoms with Crippen molar-refractivity contribution in [2.24, 2.45) is 0 Å². The Morgan fingerprint density at radius 1 is 0.846 bits per heavy atom. The Kier molecular flexibility index (Phi) is 5.18. The second-order valence-corrected chi connectivity index (χ2v) is 8.18.